The summed E-state index contributed by atoms with van der Waals surface area (Å²) in [6, 6.07) is 12.2. The molecular weight excluding hydrogens is 391 g/mol. The third-order valence-electron chi connectivity index (χ3n) is 3.50. The molecule has 27 heavy (non-hydrogen) atoms. The van der Waals surface area contributed by atoms with Gasteiger partial charge >= 0.3 is 0 Å². The van der Waals surface area contributed by atoms with Gasteiger partial charge < -0.3 is 5.32 Å². The van der Waals surface area contributed by atoms with Gasteiger partial charge in [0.2, 0.25) is 15.0 Å². The van der Waals surface area contributed by atoms with Crippen LogP contribution >= 0.6 is 11.3 Å². The van der Waals surface area contributed by atoms with E-state index in [0.717, 1.165) is 16.9 Å². The summed E-state index contributed by atoms with van der Waals surface area (Å²) in [6.45, 7) is 1.69. The van der Waals surface area contributed by atoms with E-state index in [2.05, 4.69) is 20.2 Å². The third kappa shape index (κ3) is 4.73. The number of hydrogen-bond acceptors (Lipinski definition) is 6. The number of anilines is 1. The summed E-state index contributed by atoms with van der Waals surface area (Å²) in [4.78, 5) is 12.3. The van der Waals surface area contributed by atoms with E-state index in [-0.39, 0.29) is 22.1 Å². The maximum Gasteiger partial charge on any atom is 0.286 e. The molecule has 0 fully saturated rings. The Hall–Kier alpha value is -2.69. The van der Waals surface area contributed by atoms with Crippen LogP contribution in [0.3, 0.4) is 0 Å². The zero-order valence-corrected chi connectivity index (χ0v) is 15.8. The molecule has 0 spiro atoms. The molecule has 1 aromatic heterocycles. The van der Waals surface area contributed by atoms with Crippen molar-refractivity contribution in [1.82, 2.24) is 14.9 Å². The number of nitrogens with one attached hydrogen (secondary N) is 2. The first-order valence-electron chi connectivity index (χ1n) is 7.80. The number of benzene rings is 2. The van der Waals surface area contributed by atoms with E-state index in [0.29, 0.717) is 5.01 Å². The molecule has 3 rings (SSSR count). The lowest BCUT2D eigenvalue weighted by Crippen LogP contribution is -2.23. The lowest BCUT2D eigenvalue weighted by atomic mass is 10.2. The maximum atomic E-state index is 13.6. The Morgan fingerprint density at radius 3 is 2.67 bits per heavy atom. The molecule has 0 aliphatic carbocycles. The second-order valence-corrected chi connectivity index (χ2v) is 8.41. The number of aromatic nitrogens is 2. The summed E-state index contributed by atoms with van der Waals surface area (Å²) in [7, 11) is -3.71. The van der Waals surface area contributed by atoms with Gasteiger partial charge in [0, 0.05) is 0 Å². The molecule has 3 aromatic rings. The quantitative estimate of drug-likeness (QED) is 0.655. The number of carbonyl (C=O) groups is 1. The van der Waals surface area contributed by atoms with Gasteiger partial charge in [0.25, 0.3) is 5.91 Å². The van der Waals surface area contributed by atoms with Crippen LogP contribution in [0.25, 0.3) is 0 Å². The van der Waals surface area contributed by atoms with E-state index in [4.69, 9.17) is 0 Å². The van der Waals surface area contributed by atoms with Crippen molar-refractivity contribution in [3.05, 3.63) is 69.9 Å². The normalized spacial score (nSPS) is 11.3. The fourth-order valence-corrected chi connectivity index (χ4v) is 4.04. The van der Waals surface area contributed by atoms with Crippen LogP contribution in [0, 0.1) is 12.7 Å². The molecule has 1 amide bonds. The molecule has 7 nitrogen and oxygen atoms in total. The van der Waals surface area contributed by atoms with Crippen molar-refractivity contribution in [2.45, 2.75) is 18.4 Å². The Morgan fingerprint density at radius 1 is 1.15 bits per heavy atom. The summed E-state index contributed by atoms with van der Waals surface area (Å²) in [5.74, 6) is -1.19. The number of amides is 1. The number of carbonyl (C=O) groups excluding carboxylic acids is 1. The van der Waals surface area contributed by atoms with Crippen LogP contribution in [0.4, 0.5) is 10.1 Å². The molecule has 0 aliphatic heterocycles. The van der Waals surface area contributed by atoms with E-state index < -0.39 is 21.7 Å². The minimum Gasteiger partial charge on any atom is -0.317 e. The first-order chi connectivity index (χ1) is 12.8. The molecule has 2 N–H and O–H groups in total. The number of hydrogen-bond donors (Lipinski definition) is 2. The van der Waals surface area contributed by atoms with Crippen LogP contribution < -0.4 is 10.0 Å². The van der Waals surface area contributed by atoms with Crippen LogP contribution in [-0.2, 0) is 16.6 Å². The first-order valence-corrected chi connectivity index (χ1v) is 10.1. The highest BCUT2D eigenvalue weighted by Crippen LogP contribution is 2.17. The van der Waals surface area contributed by atoms with Crippen LogP contribution in [0.5, 0.6) is 0 Å². The monoisotopic (exact) mass is 406 g/mol. The highest BCUT2D eigenvalue weighted by atomic mass is 32.2. The molecule has 0 saturated heterocycles. The fourth-order valence-electron chi connectivity index (χ4n) is 2.18. The summed E-state index contributed by atoms with van der Waals surface area (Å²) >= 11 is 0.921. The van der Waals surface area contributed by atoms with Crippen molar-refractivity contribution in [3.8, 4) is 0 Å². The molecule has 140 valence electrons. The lowest BCUT2D eigenvalue weighted by Gasteiger charge is -2.05. The molecule has 1 heterocycles. The number of para-hydroxylation sites is 1. The Balaban J connectivity index is 1.66. The molecule has 0 atom stereocenters. The van der Waals surface area contributed by atoms with Gasteiger partial charge in [-0.05, 0) is 36.8 Å². The second-order valence-electron chi connectivity index (χ2n) is 5.58. The third-order valence-corrected chi connectivity index (χ3v) is 5.82. The van der Waals surface area contributed by atoms with E-state index in [9.17, 15) is 17.6 Å². The van der Waals surface area contributed by atoms with Crippen molar-refractivity contribution >= 4 is 33.0 Å². The van der Waals surface area contributed by atoms with Crippen LogP contribution in [0.2, 0.25) is 0 Å². The Labute approximate surface area is 159 Å². The molecule has 0 bridgehead atoms. The molecule has 0 radical (unpaired) electrons. The summed E-state index contributed by atoms with van der Waals surface area (Å²) in [5, 5.41) is 10.2. The molecule has 0 unspecified atom stereocenters. The minimum atomic E-state index is -3.71. The number of aryl methyl sites for hydroxylation is 1. The average Bonchev–Trinajstić information content (AvgIpc) is 3.11. The van der Waals surface area contributed by atoms with E-state index >= 15 is 0 Å². The van der Waals surface area contributed by atoms with E-state index in [1.807, 2.05) is 0 Å². The van der Waals surface area contributed by atoms with Gasteiger partial charge in [-0.15, -0.1) is 10.2 Å². The highest BCUT2D eigenvalue weighted by molar-refractivity contribution is 7.89. The minimum absolute atomic E-state index is 0.00278. The zero-order valence-electron chi connectivity index (χ0n) is 14.1. The Morgan fingerprint density at radius 2 is 1.93 bits per heavy atom. The van der Waals surface area contributed by atoms with Crippen molar-refractivity contribution in [2.24, 2.45) is 0 Å². The van der Waals surface area contributed by atoms with Gasteiger partial charge in [0.15, 0.2) is 0 Å². The summed E-state index contributed by atoms with van der Waals surface area (Å²) in [5.41, 5.74) is 0.847. The average molecular weight is 406 g/mol. The van der Waals surface area contributed by atoms with Crippen LogP contribution in [0.1, 0.15) is 20.4 Å². The summed E-state index contributed by atoms with van der Waals surface area (Å²) < 4.78 is 40.6. The van der Waals surface area contributed by atoms with Gasteiger partial charge in [0.05, 0.1) is 17.1 Å². The fraction of sp³-hybridized carbons (Fsp3) is 0.118. The van der Waals surface area contributed by atoms with Gasteiger partial charge in [-0.1, -0.05) is 35.6 Å². The number of nitrogens with zero attached hydrogens (tertiary/aromatic N) is 2. The predicted molar refractivity (Wildman–Crippen MR) is 99.5 cm³/mol. The Kier molecular flexibility index (Phi) is 5.59. The molecule has 0 aliphatic rings. The number of rotatable bonds is 6. The smallest absolute Gasteiger partial charge is 0.286 e. The van der Waals surface area contributed by atoms with Crippen molar-refractivity contribution in [2.75, 3.05) is 5.32 Å². The van der Waals surface area contributed by atoms with E-state index in [1.165, 1.54) is 24.3 Å². The van der Waals surface area contributed by atoms with Gasteiger partial charge in [-0.2, -0.15) is 0 Å². The number of halogens is 1. The van der Waals surface area contributed by atoms with Crippen molar-refractivity contribution in [1.29, 1.82) is 0 Å². The largest absolute Gasteiger partial charge is 0.317 e. The highest BCUT2D eigenvalue weighted by Gasteiger charge is 2.18. The maximum absolute atomic E-state index is 13.6. The van der Waals surface area contributed by atoms with Gasteiger partial charge in [0.1, 0.15) is 10.8 Å². The standard InChI is InChI=1S/C17H15FN4O3S2/c1-11-5-4-6-12(9-11)27(24,25)19-10-15-21-22-17(26-15)16(23)20-14-8-3-2-7-13(14)18/h2-9,19H,10H2,1H3,(H,20,23). The summed E-state index contributed by atoms with van der Waals surface area (Å²) in [6.07, 6.45) is 0. The topological polar surface area (TPSA) is 101 Å². The zero-order chi connectivity index (χ0) is 19.4. The number of sulfonamides is 1. The lowest BCUT2D eigenvalue weighted by molar-refractivity contribution is 0.102. The SMILES string of the molecule is Cc1cccc(S(=O)(=O)NCc2nnc(C(=O)Nc3ccccc3F)s2)c1. The molecular formula is C17H15FN4O3S2. The molecule has 0 saturated carbocycles. The Bertz CT molecular complexity index is 1080. The van der Waals surface area contributed by atoms with Crippen molar-refractivity contribution < 1.29 is 17.6 Å². The second kappa shape index (κ2) is 7.91. The molecule has 2 aromatic carbocycles. The van der Waals surface area contributed by atoms with E-state index in [1.54, 1.807) is 31.2 Å². The van der Waals surface area contributed by atoms with Gasteiger partial charge in [-0.25, -0.2) is 17.5 Å². The van der Waals surface area contributed by atoms with Crippen LogP contribution in [0.15, 0.2) is 53.4 Å². The van der Waals surface area contributed by atoms with Crippen molar-refractivity contribution in [3.63, 3.8) is 0 Å². The predicted octanol–water partition coefficient (Wildman–Crippen LogP) is 2.72. The molecule has 10 heteroatoms. The first kappa shape index (κ1) is 19.1. The van der Waals surface area contributed by atoms with Gasteiger partial charge in [-0.3, -0.25) is 4.79 Å². The van der Waals surface area contributed by atoms with Crippen LogP contribution in [-0.4, -0.2) is 24.5 Å².